The monoisotopic (exact) mass is 576 g/mol. The summed E-state index contributed by atoms with van der Waals surface area (Å²) in [6, 6.07) is 29.2. The van der Waals surface area contributed by atoms with E-state index in [9.17, 15) is 16.8 Å². The van der Waals surface area contributed by atoms with Crippen LogP contribution < -0.4 is 8.92 Å². The Morgan fingerprint density at radius 2 is 1.40 bits per heavy atom. The first-order valence-electron chi connectivity index (χ1n) is 12.9. The van der Waals surface area contributed by atoms with Gasteiger partial charge in [0.1, 0.15) is 11.1 Å². The highest BCUT2D eigenvalue weighted by Crippen LogP contribution is 2.47. The molecule has 4 aromatic rings. The van der Waals surface area contributed by atoms with Crippen molar-refractivity contribution >= 4 is 20.1 Å². The topological polar surface area (TPSA) is 93.2 Å². The molecule has 0 saturated carbocycles. The number of sulfonamides is 1. The van der Waals surface area contributed by atoms with E-state index in [0.29, 0.717) is 12.1 Å². The quantitative estimate of drug-likeness (QED) is 0.293. The van der Waals surface area contributed by atoms with Crippen molar-refractivity contribution in [1.29, 1.82) is 0 Å². The van der Waals surface area contributed by atoms with Gasteiger partial charge in [0, 0.05) is 13.1 Å². The van der Waals surface area contributed by atoms with Gasteiger partial charge >= 0.3 is 10.1 Å². The summed E-state index contributed by atoms with van der Waals surface area (Å²) < 4.78 is 66.3. The minimum atomic E-state index is -4.10. The van der Waals surface area contributed by atoms with Crippen molar-refractivity contribution in [2.75, 3.05) is 20.2 Å². The van der Waals surface area contributed by atoms with Crippen molar-refractivity contribution in [3.63, 3.8) is 0 Å². The molecule has 4 aromatic carbocycles. The van der Waals surface area contributed by atoms with Gasteiger partial charge in [-0.15, -0.1) is 0 Å². The minimum Gasteiger partial charge on any atom is -0.493 e. The molecule has 206 valence electrons. The van der Waals surface area contributed by atoms with Gasteiger partial charge in [-0.2, -0.15) is 12.7 Å². The first-order chi connectivity index (χ1) is 19.3. The molecule has 0 aromatic heterocycles. The number of methoxy groups -OCH3 is 1. The third-order valence-electron chi connectivity index (χ3n) is 7.46. The van der Waals surface area contributed by atoms with Crippen LogP contribution in [0.5, 0.6) is 11.5 Å². The van der Waals surface area contributed by atoms with Crippen molar-refractivity contribution in [2.24, 2.45) is 0 Å². The second-order valence-electron chi connectivity index (χ2n) is 9.72. The number of nitrogens with zero attached hydrogens (tertiary/aromatic N) is 2. The van der Waals surface area contributed by atoms with E-state index in [0.717, 1.165) is 12.0 Å². The number of rotatable bonds is 7. The number of ether oxygens (including phenoxy) is 1. The molecule has 1 fully saturated rings. The lowest BCUT2D eigenvalue weighted by atomic mass is 9.93. The fourth-order valence-corrected chi connectivity index (χ4v) is 8.16. The number of fused-ring (bicyclic) bond motifs is 3. The summed E-state index contributed by atoms with van der Waals surface area (Å²) in [5, 5.41) is 0. The Morgan fingerprint density at radius 1 is 0.750 bits per heavy atom. The van der Waals surface area contributed by atoms with E-state index in [1.54, 1.807) is 60.7 Å². The molecule has 0 radical (unpaired) electrons. The average Bonchev–Trinajstić information content (AvgIpc) is 3.39. The van der Waals surface area contributed by atoms with Gasteiger partial charge in [0.15, 0.2) is 11.5 Å². The number of hydrogen-bond donors (Lipinski definition) is 0. The Bertz CT molecular complexity index is 1750. The van der Waals surface area contributed by atoms with Crippen molar-refractivity contribution in [2.45, 2.75) is 28.4 Å². The van der Waals surface area contributed by atoms with E-state index >= 15 is 0 Å². The highest BCUT2D eigenvalue weighted by Gasteiger charge is 2.48. The van der Waals surface area contributed by atoms with Crippen LogP contribution >= 0.6 is 0 Å². The number of hydrogen-bond acceptors (Lipinski definition) is 7. The molecule has 0 aliphatic carbocycles. The van der Waals surface area contributed by atoms with E-state index in [1.807, 2.05) is 12.1 Å². The molecule has 2 aliphatic heterocycles. The summed E-state index contributed by atoms with van der Waals surface area (Å²) in [6.07, 6.45) is 0.160. The fraction of sp³-hybridized carbons (Fsp3) is 0.200. The van der Waals surface area contributed by atoms with E-state index in [1.165, 1.54) is 35.2 Å². The van der Waals surface area contributed by atoms with Gasteiger partial charge in [0.25, 0.3) is 0 Å². The van der Waals surface area contributed by atoms with E-state index in [-0.39, 0.29) is 33.9 Å². The highest BCUT2D eigenvalue weighted by molar-refractivity contribution is 7.89. The first kappa shape index (κ1) is 26.5. The van der Waals surface area contributed by atoms with Crippen LogP contribution in [0.2, 0.25) is 0 Å². The van der Waals surface area contributed by atoms with Crippen LogP contribution in [-0.4, -0.2) is 46.2 Å². The Morgan fingerprint density at radius 3 is 2.10 bits per heavy atom. The van der Waals surface area contributed by atoms with Gasteiger partial charge in [-0.25, -0.2) is 8.42 Å². The molecular weight excluding hydrogens is 548 g/mol. The Hall–Kier alpha value is -3.70. The molecule has 8 nitrogen and oxygen atoms in total. The maximum atomic E-state index is 14.0. The van der Waals surface area contributed by atoms with Gasteiger partial charge in [-0.05, 0) is 59.5 Å². The zero-order valence-corrected chi connectivity index (χ0v) is 23.4. The molecule has 0 N–H and O–H groups in total. The van der Waals surface area contributed by atoms with E-state index in [4.69, 9.17) is 8.92 Å². The standard InChI is InChI=1S/C30H28N2O6S2/c1-37-29-20-23(16-17-28(29)38-40(35,36)25-13-6-3-7-14-25)30-31-19-18-22-10-8-9-15-26(22)27(31)21-32(30)39(33,34)24-11-4-2-5-12-24/h2-17,20,27,30H,18-19,21H2,1H3/t27-,30-/m1/s1. The lowest BCUT2D eigenvalue weighted by Crippen LogP contribution is -2.37. The fourth-order valence-electron chi connectivity index (χ4n) is 5.58. The maximum absolute atomic E-state index is 14.0. The summed E-state index contributed by atoms with van der Waals surface area (Å²) in [5.41, 5.74) is 2.99. The van der Waals surface area contributed by atoms with Crippen molar-refractivity contribution in [3.05, 3.63) is 120 Å². The molecule has 0 amide bonds. The molecule has 0 bridgehead atoms. The molecule has 1 saturated heterocycles. The SMILES string of the molecule is COc1cc([C@@H]2N3CCc4ccccc4[C@H]3CN2S(=O)(=O)c2ccccc2)ccc1OS(=O)(=O)c1ccccc1. The molecule has 6 rings (SSSR count). The Labute approximate surface area is 234 Å². The van der Waals surface area contributed by atoms with Crippen LogP contribution in [-0.2, 0) is 26.6 Å². The third-order valence-corrected chi connectivity index (χ3v) is 10.5. The zero-order valence-electron chi connectivity index (χ0n) is 21.8. The molecule has 0 spiro atoms. The molecule has 10 heteroatoms. The van der Waals surface area contributed by atoms with Gasteiger partial charge in [0.05, 0.1) is 18.0 Å². The van der Waals surface area contributed by atoms with Crippen molar-refractivity contribution in [1.82, 2.24) is 9.21 Å². The molecule has 2 aliphatic rings. The zero-order chi connectivity index (χ0) is 27.9. The van der Waals surface area contributed by atoms with Crippen LogP contribution in [0.3, 0.4) is 0 Å². The summed E-state index contributed by atoms with van der Waals surface area (Å²) in [5.74, 6) is 0.209. The predicted molar refractivity (Wildman–Crippen MR) is 150 cm³/mol. The van der Waals surface area contributed by atoms with Gasteiger partial charge in [-0.1, -0.05) is 66.7 Å². The van der Waals surface area contributed by atoms with Crippen LogP contribution in [0.15, 0.2) is 113 Å². The highest BCUT2D eigenvalue weighted by atomic mass is 32.2. The van der Waals surface area contributed by atoms with Gasteiger partial charge in [-0.3, -0.25) is 4.90 Å². The van der Waals surface area contributed by atoms with E-state index in [2.05, 4.69) is 17.0 Å². The van der Waals surface area contributed by atoms with Crippen molar-refractivity contribution < 1.29 is 25.8 Å². The Kier molecular flexibility index (Phi) is 6.87. The normalized spacial score (nSPS) is 19.5. The molecule has 2 heterocycles. The van der Waals surface area contributed by atoms with Gasteiger partial charge < -0.3 is 8.92 Å². The minimum absolute atomic E-state index is 0.0195. The number of benzene rings is 4. The Balaban J connectivity index is 1.42. The van der Waals surface area contributed by atoms with Crippen LogP contribution in [0.25, 0.3) is 0 Å². The summed E-state index contributed by atoms with van der Waals surface area (Å²) >= 11 is 0. The molecular formula is C30H28N2O6S2. The van der Waals surface area contributed by atoms with Crippen LogP contribution in [0.1, 0.15) is 28.9 Å². The maximum Gasteiger partial charge on any atom is 0.339 e. The van der Waals surface area contributed by atoms with E-state index < -0.39 is 26.3 Å². The van der Waals surface area contributed by atoms with Crippen LogP contribution in [0, 0.1) is 0 Å². The third kappa shape index (κ3) is 4.66. The average molecular weight is 577 g/mol. The second-order valence-corrected chi connectivity index (χ2v) is 13.2. The summed E-state index contributed by atoms with van der Waals surface area (Å²) in [7, 11) is -6.54. The summed E-state index contributed by atoms with van der Waals surface area (Å²) in [4.78, 5) is 2.43. The summed E-state index contributed by atoms with van der Waals surface area (Å²) in [6.45, 7) is 0.942. The first-order valence-corrected chi connectivity index (χ1v) is 15.7. The molecule has 40 heavy (non-hydrogen) atoms. The van der Waals surface area contributed by atoms with Crippen molar-refractivity contribution in [3.8, 4) is 11.5 Å². The lowest BCUT2D eigenvalue weighted by Gasteiger charge is -2.36. The molecule has 2 atom stereocenters. The molecule has 0 unspecified atom stereocenters. The largest absolute Gasteiger partial charge is 0.493 e. The predicted octanol–water partition coefficient (Wildman–Crippen LogP) is 4.77. The second kappa shape index (κ2) is 10.4. The van der Waals surface area contributed by atoms with Gasteiger partial charge in [0.2, 0.25) is 10.0 Å². The smallest absolute Gasteiger partial charge is 0.339 e. The lowest BCUT2D eigenvalue weighted by molar-refractivity contribution is 0.154. The van der Waals surface area contributed by atoms with Crippen LogP contribution in [0.4, 0.5) is 0 Å².